The summed E-state index contributed by atoms with van der Waals surface area (Å²) >= 11 is 0. The molecule has 1 aliphatic rings. The van der Waals surface area contributed by atoms with E-state index in [4.69, 9.17) is 10.2 Å². The van der Waals surface area contributed by atoms with Crippen LogP contribution in [0.25, 0.3) is 0 Å². The van der Waals surface area contributed by atoms with E-state index in [-0.39, 0.29) is 11.0 Å². The van der Waals surface area contributed by atoms with Crippen LogP contribution in [0.1, 0.15) is 32.1 Å². The molecule has 1 atom stereocenters. The van der Waals surface area contributed by atoms with Crippen molar-refractivity contribution >= 4 is 9.84 Å². The molecule has 0 aliphatic heterocycles. The molecular weight excluding hydrogens is 204 g/mol. The van der Waals surface area contributed by atoms with Gasteiger partial charge in [0.15, 0.2) is 9.84 Å². The van der Waals surface area contributed by atoms with E-state index in [1.165, 1.54) is 0 Å². The zero-order valence-electron chi connectivity index (χ0n) is 8.22. The van der Waals surface area contributed by atoms with Gasteiger partial charge >= 0.3 is 0 Å². The van der Waals surface area contributed by atoms with E-state index >= 15 is 0 Å². The second kappa shape index (κ2) is 5.09. The first-order chi connectivity index (χ1) is 6.56. The van der Waals surface area contributed by atoms with Crippen LogP contribution in [0.5, 0.6) is 0 Å². The smallest absolute Gasteiger partial charge is 0.155 e. The van der Waals surface area contributed by atoms with Gasteiger partial charge in [0, 0.05) is 0 Å². The maximum Gasteiger partial charge on any atom is 0.155 e. The van der Waals surface area contributed by atoms with Gasteiger partial charge in [-0.2, -0.15) is 0 Å². The minimum Gasteiger partial charge on any atom is -0.394 e. The Morgan fingerprint density at radius 3 is 2.29 bits per heavy atom. The molecule has 0 aromatic rings. The molecule has 0 heterocycles. The predicted octanol–water partition coefficient (Wildman–Crippen LogP) is 0.0871. The summed E-state index contributed by atoms with van der Waals surface area (Å²) in [6.45, 7) is -0.480. The van der Waals surface area contributed by atoms with Crippen LogP contribution in [0.2, 0.25) is 0 Å². The predicted molar refractivity (Wildman–Crippen MR) is 53.8 cm³/mol. The van der Waals surface area contributed by atoms with Crippen molar-refractivity contribution in [1.82, 2.24) is 0 Å². The van der Waals surface area contributed by atoms with E-state index in [9.17, 15) is 8.42 Å². The van der Waals surface area contributed by atoms with Crippen molar-refractivity contribution in [3.63, 3.8) is 0 Å². The number of sulfone groups is 1. The van der Waals surface area contributed by atoms with Crippen LogP contribution >= 0.6 is 0 Å². The molecule has 0 saturated heterocycles. The van der Waals surface area contributed by atoms with Crippen molar-refractivity contribution in [2.45, 2.75) is 43.5 Å². The molecule has 5 heteroatoms. The van der Waals surface area contributed by atoms with Crippen molar-refractivity contribution in [2.75, 3.05) is 12.4 Å². The van der Waals surface area contributed by atoms with Crippen LogP contribution in [0.15, 0.2) is 0 Å². The minimum absolute atomic E-state index is 0.294. The van der Waals surface area contributed by atoms with E-state index in [1.54, 1.807) is 0 Å². The molecule has 14 heavy (non-hydrogen) atoms. The fourth-order valence-corrected chi connectivity index (χ4v) is 3.85. The highest BCUT2D eigenvalue weighted by Crippen LogP contribution is 2.24. The highest BCUT2D eigenvalue weighted by molar-refractivity contribution is 7.92. The molecular formula is C9H18O4S. The molecule has 1 saturated carbocycles. The van der Waals surface area contributed by atoms with Gasteiger partial charge in [0.25, 0.3) is 0 Å². The fourth-order valence-electron chi connectivity index (χ4n) is 1.88. The van der Waals surface area contributed by atoms with Crippen LogP contribution < -0.4 is 0 Å². The summed E-state index contributed by atoms with van der Waals surface area (Å²) in [4.78, 5) is 0. The summed E-state index contributed by atoms with van der Waals surface area (Å²) in [7, 11) is -3.20. The van der Waals surface area contributed by atoms with Gasteiger partial charge in [0.05, 0.1) is 23.7 Å². The maximum absolute atomic E-state index is 11.7. The summed E-state index contributed by atoms with van der Waals surface area (Å²) in [5.41, 5.74) is 0. The van der Waals surface area contributed by atoms with Crippen LogP contribution in [0.4, 0.5) is 0 Å². The van der Waals surface area contributed by atoms with Crippen molar-refractivity contribution in [3.8, 4) is 0 Å². The van der Waals surface area contributed by atoms with E-state index in [2.05, 4.69) is 0 Å². The molecule has 0 amide bonds. The van der Waals surface area contributed by atoms with Crippen LogP contribution in [-0.4, -0.2) is 42.3 Å². The largest absolute Gasteiger partial charge is 0.394 e. The Bertz CT molecular complexity index is 254. The van der Waals surface area contributed by atoms with Crippen molar-refractivity contribution in [3.05, 3.63) is 0 Å². The fraction of sp³-hybridized carbons (Fsp3) is 1.00. The lowest BCUT2D eigenvalue weighted by Gasteiger charge is -2.22. The van der Waals surface area contributed by atoms with Crippen LogP contribution in [-0.2, 0) is 9.84 Å². The van der Waals surface area contributed by atoms with Crippen molar-refractivity contribution in [2.24, 2.45) is 0 Å². The van der Waals surface area contributed by atoms with E-state index in [0.29, 0.717) is 12.8 Å². The maximum atomic E-state index is 11.7. The number of hydrogen-bond acceptors (Lipinski definition) is 4. The number of hydrogen-bond donors (Lipinski definition) is 2. The highest BCUT2D eigenvalue weighted by Gasteiger charge is 2.28. The Kier molecular flexibility index (Phi) is 4.34. The lowest BCUT2D eigenvalue weighted by Crippen LogP contribution is -2.33. The molecule has 4 nitrogen and oxygen atoms in total. The molecule has 1 unspecified atom stereocenters. The summed E-state index contributed by atoms with van der Waals surface area (Å²) in [6, 6.07) is 0. The molecule has 2 N–H and O–H groups in total. The van der Waals surface area contributed by atoms with Gasteiger partial charge < -0.3 is 10.2 Å². The molecule has 0 radical (unpaired) electrons. The second-order valence-corrected chi connectivity index (χ2v) is 6.25. The zero-order valence-corrected chi connectivity index (χ0v) is 9.04. The van der Waals surface area contributed by atoms with Gasteiger partial charge in [-0.3, -0.25) is 0 Å². The molecule has 0 aromatic heterocycles. The molecule has 84 valence electrons. The first-order valence-corrected chi connectivity index (χ1v) is 6.78. The third-order valence-corrected chi connectivity index (χ3v) is 5.03. The van der Waals surface area contributed by atoms with E-state index in [0.717, 1.165) is 19.3 Å². The van der Waals surface area contributed by atoms with E-state index in [1.807, 2.05) is 0 Å². The Hall–Kier alpha value is -0.130. The zero-order chi connectivity index (χ0) is 10.6. The minimum atomic E-state index is -3.20. The summed E-state index contributed by atoms with van der Waals surface area (Å²) in [5.74, 6) is -0.297. The Morgan fingerprint density at radius 1 is 1.21 bits per heavy atom. The topological polar surface area (TPSA) is 74.6 Å². The monoisotopic (exact) mass is 222 g/mol. The van der Waals surface area contributed by atoms with Crippen LogP contribution in [0.3, 0.4) is 0 Å². The quantitative estimate of drug-likeness (QED) is 0.707. The molecule has 0 bridgehead atoms. The molecule has 1 rings (SSSR count). The van der Waals surface area contributed by atoms with Crippen LogP contribution in [0, 0.1) is 0 Å². The molecule has 1 aliphatic carbocycles. The first kappa shape index (κ1) is 11.9. The Labute approximate surface area is 84.9 Å². The summed E-state index contributed by atoms with van der Waals surface area (Å²) < 4.78 is 23.4. The lowest BCUT2D eigenvalue weighted by atomic mass is 10.0. The summed E-state index contributed by atoms with van der Waals surface area (Å²) in [6.07, 6.45) is 3.32. The molecule has 0 aromatic carbocycles. The summed E-state index contributed by atoms with van der Waals surface area (Å²) in [5, 5.41) is 17.4. The number of aliphatic hydroxyl groups excluding tert-OH is 2. The van der Waals surface area contributed by atoms with Crippen molar-refractivity contribution in [1.29, 1.82) is 0 Å². The average Bonchev–Trinajstić information content (AvgIpc) is 2.18. The first-order valence-electron chi connectivity index (χ1n) is 5.07. The van der Waals surface area contributed by atoms with Gasteiger partial charge in [-0.1, -0.05) is 19.3 Å². The third kappa shape index (κ3) is 3.22. The van der Waals surface area contributed by atoms with E-state index < -0.39 is 22.5 Å². The number of rotatable bonds is 4. The molecule has 0 spiro atoms. The van der Waals surface area contributed by atoms with Gasteiger partial charge in [-0.25, -0.2) is 8.42 Å². The lowest BCUT2D eigenvalue weighted by molar-refractivity contribution is 0.112. The SMILES string of the molecule is O=S(=O)(CC(O)CO)C1CCCCC1. The van der Waals surface area contributed by atoms with Gasteiger partial charge in [0.1, 0.15) is 0 Å². The number of aliphatic hydroxyl groups is 2. The highest BCUT2D eigenvalue weighted by atomic mass is 32.2. The average molecular weight is 222 g/mol. The Morgan fingerprint density at radius 2 is 1.79 bits per heavy atom. The second-order valence-electron chi connectivity index (χ2n) is 3.93. The van der Waals surface area contributed by atoms with Gasteiger partial charge in [-0.05, 0) is 12.8 Å². The molecule has 1 fully saturated rings. The van der Waals surface area contributed by atoms with Gasteiger partial charge in [-0.15, -0.1) is 0 Å². The normalized spacial score (nSPS) is 22.1. The Balaban J connectivity index is 2.54. The van der Waals surface area contributed by atoms with Crippen molar-refractivity contribution < 1.29 is 18.6 Å². The third-order valence-electron chi connectivity index (χ3n) is 2.70. The van der Waals surface area contributed by atoms with Gasteiger partial charge in [0.2, 0.25) is 0 Å². The standard InChI is InChI=1S/C9H18O4S/c10-6-8(11)7-14(12,13)9-4-2-1-3-5-9/h8-11H,1-7H2.